The number of pyridine rings is 1. The van der Waals surface area contributed by atoms with Crippen molar-refractivity contribution in [2.45, 2.75) is 38.7 Å². The van der Waals surface area contributed by atoms with Crippen LogP contribution in [0.25, 0.3) is 0 Å². The summed E-state index contributed by atoms with van der Waals surface area (Å²) in [5.41, 5.74) is 5.52. The molecule has 1 aromatic heterocycles. The number of nitrogens with zero attached hydrogens (tertiary/aromatic N) is 1. The van der Waals surface area contributed by atoms with Crippen LogP contribution in [-0.2, 0) is 0 Å². The summed E-state index contributed by atoms with van der Waals surface area (Å²) < 4.78 is 5.90. The summed E-state index contributed by atoms with van der Waals surface area (Å²) in [7, 11) is 0. The number of anilines is 1. The number of hydrogen-bond donors (Lipinski definition) is 1. The first-order chi connectivity index (χ1) is 7.25. The van der Waals surface area contributed by atoms with Crippen LogP contribution < -0.4 is 10.5 Å². The summed E-state index contributed by atoms with van der Waals surface area (Å²) in [5, 5.41) is 0. The van der Waals surface area contributed by atoms with Crippen LogP contribution in [0.2, 0.25) is 0 Å². The van der Waals surface area contributed by atoms with Gasteiger partial charge in [0.05, 0.1) is 6.20 Å². The number of aromatic nitrogens is 1. The molecule has 0 amide bonds. The van der Waals surface area contributed by atoms with Crippen molar-refractivity contribution in [3.8, 4) is 5.75 Å². The number of rotatable bonds is 2. The van der Waals surface area contributed by atoms with Crippen molar-refractivity contribution < 1.29 is 4.74 Å². The Morgan fingerprint density at radius 2 is 2.13 bits per heavy atom. The zero-order valence-electron chi connectivity index (χ0n) is 9.15. The fraction of sp³-hybridized carbons (Fsp3) is 0.583. The first kappa shape index (κ1) is 10.3. The summed E-state index contributed by atoms with van der Waals surface area (Å²) in [6.07, 6.45) is 7.09. The first-order valence-corrected chi connectivity index (χ1v) is 5.64. The van der Waals surface area contributed by atoms with Crippen LogP contribution in [0.3, 0.4) is 0 Å². The average molecular weight is 206 g/mol. The van der Waals surface area contributed by atoms with E-state index in [4.69, 9.17) is 10.5 Å². The fourth-order valence-corrected chi connectivity index (χ4v) is 2.09. The van der Waals surface area contributed by atoms with Gasteiger partial charge in [-0.1, -0.05) is 13.3 Å². The smallest absolute Gasteiger partial charge is 0.138 e. The number of ether oxygens (including phenoxy) is 1. The maximum absolute atomic E-state index is 5.90. The number of nitrogens with two attached hydrogens (primary N) is 1. The Morgan fingerprint density at radius 3 is 2.80 bits per heavy atom. The van der Waals surface area contributed by atoms with Crippen molar-refractivity contribution in [1.29, 1.82) is 0 Å². The number of hydrogen-bond acceptors (Lipinski definition) is 3. The van der Waals surface area contributed by atoms with E-state index in [1.807, 2.05) is 6.07 Å². The predicted octanol–water partition coefficient (Wildman–Crippen LogP) is 2.62. The molecule has 0 aromatic carbocycles. The van der Waals surface area contributed by atoms with E-state index in [2.05, 4.69) is 11.9 Å². The fourth-order valence-electron chi connectivity index (χ4n) is 2.09. The second kappa shape index (κ2) is 4.51. The molecule has 1 saturated carbocycles. The Labute approximate surface area is 90.7 Å². The van der Waals surface area contributed by atoms with Gasteiger partial charge in [-0.15, -0.1) is 0 Å². The molecule has 1 aliphatic carbocycles. The third kappa shape index (κ3) is 2.61. The van der Waals surface area contributed by atoms with Gasteiger partial charge in [0.15, 0.2) is 0 Å². The zero-order valence-corrected chi connectivity index (χ0v) is 9.15. The van der Waals surface area contributed by atoms with Gasteiger partial charge < -0.3 is 10.5 Å². The maximum Gasteiger partial charge on any atom is 0.138 e. The molecule has 82 valence electrons. The van der Waals surface area contributed by atoms with Crippen molar-refractivity contribution in [3.63, 3.8) is 0 Å². The van der Waals surface area contributed by atoms with Crippen LogP contribution in [0.15, 0.2) is 18.3 Å². The van der Waals surface area contributed by atoms with Crippen molar-refractivity contribution in [1.82, 2.24) is 4.98 Å². The van der Waals surface area contributed by atoms with Crippen LogP contribution >= 0.6 is 0 Å². The Kier molecular flexibility index (Phi) is 3.09. The molecule has 2 unspecified atom stereocenters. The van der Waals surface area contributed by atoms with Crippen molar-refractivity contribution in [2.24, 2.45) is 5.92 Å². The summed E-state index contributed by atoms with van der Waals surface area (Å²) in [4.78, 5) is 4.02. The molecule has 1 aliphatic rings. The lowest BCUT2D eigenvalue weighted by molar-refractivity contribution is 0.102. The zero-order chi connectivity index (χ0) is 10.7. The molecule has 0 saturated heterocycles. The molecule has 1 fully saturated rings. The standard InChI is InChI=1S/C12H18N2O/c1-9-4-2-3-5-11(9)15-10-6-7-12(13)14-8-10/h6-9,11H,2-5H2,1H3,(H2,13,14). The normalized spacial score (nSPS) is 26.2. The highest BCUT2D eigenvalue weighted by atomic mass is 16.5. The van der Waals surface area contributed by atoms with E-state index in [1.165, 1.54) is 19.3 Å². The van der Waals surface area contributed by atoms with E-state index < -0.39 is 0 Å². The third-order valence-corrected chi connectivity index (χ3v) is 3.08. The molecule has 2 rings (SSSR count). The van der Waals surface area contributed by atoms with E-state index in [0.29, 0.717) is 17.8 Å². The van der Waals surface area contributed by atoms with Gasteiger partial charge in [-0.2, -0.15) is 0 Å². The minimum absolute atomic E-state index is 0.351. The van der Waals surface area contributed by atoms with Crippen LogP contribution in [-0.4, -0.2) is 11.1 Å². The van der Waals surface area contributed by atoms with E-state index in [1.54, 1.807) is 12.3 Å². The van der Waals surface area contributed by atoms with Crippen LogP contribution in [0.5, 0.6) is 5.75 Å². The minimum atomic E-state index is 0.351. The highest BCUT2D eigenvalue weighted by Crippen LogP contribution is 2.27. The summed E-state index contributed by atoms with van der Waals surface area (Å²) in [6, 6.07) is 3.67. The van der Waals surface area contributed by atoms with Crippen molar-refractivity contribution in [3.05, 3.63) is 18.3 Å². The summed E-state index contributed by atoms with van der Waals surface area (Å²) in [5.74, 6) is 2.03. The molecular weight excluding hydrogens is 188 g/mol. The second-order valence-electron chi connectivity index (χ2n) is 4.34. The molecule has 3 heteroatoms. The van der Waals surface area contributed by atoms with Gasteiger partial charge in [-0.05, 0) is 37.3 Å². The lowest BCUT2D eigenvalue weighted by Crippen LogP contribution is -2.28. The van der Waals surface area contributed by atoms with Crippen LogP contribution in [0.1, 0.15) is 32.6 Å². The highest BCUT2D eigenvalue weighted by Gasteiger charge is 2.22. The molecule has 1 aromatic rings. The van der Waals surface area contributed by atoms with Gasteiger partial charge >= 0.3 is 0 Å². The molecule has 3 nitrogen and oxygen atoms in total. The van der Waals surface area contributed by atoms with Gasteiger partial charge in [0.2, 0.25) is 0 Å². The SMILES string of the molecule is CC1CCCCC1Oc1ccc(N)nc1. The molecule has 0 bridgehead atoms. The molecule has 15 heavy (non-hydrogen) atoms. The Bertz CT molecular complexity index is 310. The van der Waals surface area contributed by atoms with Crippen molar-refractivity contribution >= 4 is 5.82 Å². The minimum Gasteiger partial charge on any atom is -0.489 e. The molecule has 0 aliphatic heterocycles. The van der Waals surface area contributed by atoms with Crippen LogP contribution in [0, 0.1) is 5.92 Å². The van der Waals surface area contributed by atoms with E-state index in [-0.39, 0.29) is 0 Å². The van der Waals surface area contributed by atoms with Crippen LogP contribution in [0.4, 0.5) is 5.82 Å². The summed E-state index contributed by atoms with van der Waals surface area (Å²) in [6.45, 7) is 2.26. The van der Waals surface area contributed by atoms with Gasteiger partial charge in [0.1, 0.15) is 17.7 Å². The summed E-state index contributed by atoms with van der Waals surface area (Å²) >= 11 is 0. The van der Waals surface area contributed by atoms with Gasteiger partial charge in [-0.25, -0.2) is 4.98 Å². The molecule has 2 N–H and O–H groups in total. The molecular formula is C12H18N2O. The lowest BCUT2D eigenvalue weighted by atomic mass is 9.88. The molecule has 2 atom stereocenters. The van der Waals surface area contributed by atoms with E-state index >= 15 is 0 Å². The third-order valence-electron chi connectivity index (χ3n) is 3.08. The molecule has 0 radical (unpaired) electrons. The molecule has 1 heterocycles. The molecule has 0 spiro atoms. The topological polar surface area (TPSA) is 48.1 Å². The van der Waals surface area contributed by atoms with Gasteiger partial charge in [0, 0.05) is 0 Å². The maximum atomic E-state index is 5.90. The monoisotopic (exact) mass is 206 g/mol. The Hall–Kier alpha value is -1.25. The first-order valence-electron chi connectivity index (χ1n) is 5.64. The quantitative estimate of drug-likeness (QED) is 0.809. The highest BCUT2D eigenvalue weighted by molar-refractivity contribution is 5.32. The Balaban J connectivity index is 1.98. The number of nitrogen functional groups attached to an aromatic ring is 1. The lowest BCUT2D eigenvalue weighted by Gasteiger charge is -2.29. The predicted molar refractivity (Wildman–Crippen MR) is 60.7 cm³/mol. The second-order valence-corrected chi connectivity index (χ2v) is 4.34. The average Bonchev–Trinajstić information content (AvgIpc) is 2.25. The van der Waals surface area contributed by atoms with E-state index in [9.17, 15) is 0 Å². The largest absolute Gasteiger partial charge is 0.489 e. The van der Waals surface area contributed by atoms with Crippen molar-refractivity contribution in [2.75, 3.05) is 5.73 Å². The van der Waals surface area contributed by atoms with Gasteiger partial charge in [0.25, 0.3) is 0 Å². The van der Waals surface area contributed by atoms with Gasteiger partial charge in [-0.3, -0.25) is 0 Å². The van der Waals surface area contributed by atoms with E-state index in [0.717, 1.165) is 12.2 Å². The Morgan fingerprint density at radius 1 is 1.33 bits per heavy atom.